The van der Waals surface area contributed by atoms with Crippen LogP contribution >= 0.6 is 12.4 Å². The summed E-state index contributed by atoms with van der Waals surface area (Å²) in [6.07, 6.45) is 5.54. The van der Waals surface area contributed by atoms with Crippen LogP contribution in [0.25, 0.3) is 0 Å². The van der Waals surface area contributed by atoms with Crippen molar-refractivity contribution < 1.29 is 14.3 Å². The van der Waals surface area contributed by atoms with Crippen LogP contribution in [0.2, 0.25) is 0 Å². The monoisotopic (exact) mass is 318 g/mol. The lowest BCUT2D eigenvalue weighted by atomic mass is 9.51. The van der Waals surface area contributed by atoms with Crippen LogP contribution in [0.4, 0.5) is 0 Å². The summed E-state index contributed by atoms with van der Waals surface area (Å²) in [5, 5.41) is 6.56. The number of ether oxygens (including phenoxy) is 2. The molecule has 5 nitrogen and oxygen atoms in total. The second-order valence-electron chi connectivity index (χ2n) is 6.32. The molecule has 1 heterocycles. The average Bonchev–Trinajstić information content (AvgIpc) is 2.36. The van der Waals surface area contributed by atoms with Crippen LogP contribution in [0.15, 0.2) is 0 Å². The van der Waals surface area contributed by atoms with E-state index in [4.69, 9.17) is 9.47 Å². The average molecular weight is 319 g/mol. The maximum Gasteiger partial charge on any atom is 0.221 e. The maximum absolute atomic E-state index is 12.2. The highest BCUT2D eigenvalue weighted by molar-refractivity contribution is 5.85. The number of halogens is 1. The van der Waals surface area contributed by atoms with Gasteiger partial charge in [0.05, 0.1) is 19.3 Å². The SMILES string of the molecule is CCOC1CC(NC(=O)CC2COCCN2)C12CCC2.Cl. The molecule has 3 unspecified atom stereocenters. The summed E-state index contributed by atoms with van der Waals surface area (Å²) in [4.78, 5) is 12.2. The van der Waals surface area contributed by atoms with Gasteiger partial charge in [-0.05, 0) is 26.2 Å². The number of carbonyl (C=O) groups excluding carboxylic acids is 1. The van der Waals surface area contributed by atoms with E-state index in [1.807, 2.05) is 6.92 Å². The molecule has 1 spiro atoms. The second kappa shape index (κ2) is 7.27. The van der Waals surface area contributed by atoms with Crippen molar-refractivity contribution in [3.63, 3.8) is 0 Å². The van der Waals surface area contributed by atoms with E-state index < -0.39 is 0 Å². The van der Waals surface area contributed by atoms with Gasteiger partial charge in [0.1, 0.15) is 0 Å². The lowest BCUT2D eigenvalue weighted by Crippen LogP contribution is -2.67. The van der Waals surface area contributed by atoms with E-state index in [9.17, 15) is 4.79 Å². The van der Waals surface area contributed by atoms with Crippen LogP contribution in [0, 0.1) is 5.41 Å². The van der Waals surface area contributed by atoms with Crippen LogP contribution < -0.4 is 10.6 Å². The third-order valence-corrected chi connectivity index (χ3v) is 5.20. The first-order valence-electron chi connectivity index (χ1n) is 7.96. The van der Waals surface area contributed by atoms with Crippen LogP contribution in [0.5, 0.6) is 0 Å². The minimum Gasteiger partial charge on any atom is -0.378 e. The Morgan fingerprint density at radius 1 is 1.48 bits per heavy atom. The Hall–Kier alpha value is -0.360. The molecule has 3 atom stereocenters. The van der Waals surface area contributed by atoms with Gasteiger partial charge < -0.3 is 20.1 Å². The van der Waals surface area contributed by atoms with Crippen molar-refractivity contribution in [1.29, 1.82) is 0 Å². The summed E-state index contributed by atoms with van der Waals surface area (Å²) in [5.74, 6) is 0.152. The van der Waals surface area contributed by atoms with Gasteiger partial charge in [0.25, 0.3) is 0 Å². The van der Waals surface area contributed by atoms with E-state index >= 15 is 0 Å². The number of rotatable bonds is 5. The summed E-state index contributed by atoms with van der Waals surface area (Å²) in [6, 6.07) is 0.494. The van der Waals surface area contributed by atoms with Crippen molar-refractivity contribution in [3.8, 4) is 0 Å². The van der Waals surface area contributed by atoms with Gasteiger partial charge in [-0.3, -0.25) is 4.79 Å². The fourth-order valence-electron chi connectivity index (χ4n) is 3.87. The largest absolute Gasteiger partial charge is 0.378 e. The highest BCUT2D eigenvalue weighted by atomic mass is 35.5. The van der Waals surface area contributed by atoms with E-state index in [1.165, 1.54) is 19.3 Å². The Kier molecular flexibility index (Phi) is 5.88. The fraction of sp³-hybridized carbons (Fsp3) is 0.933. The topological polar surface area (TPSA) is 59.6 Å². The molecule has 0 aromatic heterocycles. The van der Waals surface area contributed by atoms with E-state index in [0.29, 0.717) is 25.2 Å². The Morgan fingerprint density at radius 3 is 2.86 bits per heavy atom. The number of hydrogen-bond acceptors (Lipinski definition) is 4. The van der Waals surface area contributed by atoms with Crippen molar-refractivity contribution in [2.24, 2.45) is 5.41 Å². The predicted molar refractivity (Wildman–Crippen MR) is 82.7 cm³/mol. The molecule has 1 amide bonds. The first kappa shape index (κ1) is 17.0. The molecule has 2 aliphatic carbocycles. The zero-order valence-electron chi connectivity index (χ0n) is 12.7. The van der Waals surface area contributed by atoms with E-state index in [0.717, 1.165) is 26.2 Å². The molecule has 2 saturated carbocycles. The molecule has 2 N–H and O–H groups in total. The van der Waals surface area contributed by atoms with Crippen LogP contribution in [0.3, 0.4) is 0 Å². The van der Waals surface area contributed by atoms with E-state index in [1.54, 1.807) is 0 Å². The smallest absolute Gasteiger partial charge is 0.221 e. The van der Waals surface area contributed by atoms with Crippen LogP contribution in [0.1, 0.15) is 39.0 Å². The molecule has 0 bridgehead atoms. The second-order valence-corrected chi connectivity index (χ2v) is 6.32. The third-order valence-electron chi connectivity index (χ3n) is 5.20. The molecule has 0 aromatic carbocycles. The normalized spacial score (nSPS) is 33.5. The van der Waals surface area contributed by atoms with Gasteiger partial charge in [0.2, 0.25) is 5.91 Å². The minimum absolute atomic E-state index is 0. The molecule has 21 heavy (non-hydrogen) atoms. The quantitative estimate of drug-likeness (QED) is 0.801. The number of carbonyl (C=O) groups is 1. The van der Waals surface area contributed by atoms with Gasteiger partial charge in [0.15, 0.2) is 0 Å². The summed E-state index contributed by atoms with van der Waals surface area (Å²) in [7, 11) is 0. The first-order valence-corrected chi connectivity index (χ1v) is 7.96. The molecule has 122 valence electrons. The van der Waals surface area contributed by atoms with Gasteiger partial charge >= 0.3 is 0 Å². The molecule has 0 radical (unpaired) electrons. The summed E-state index contributed by atoms with van der Waals surface area (Å²) < 4.78 is 11.2. The Morgan fingerprint density at radius 2 is 2.29 bits per heavy atom. The van der Waals surface area contributed by atoms with Crippen molar-refractivity contribution in [2.45, 2.75) is 57.2 Å². The Labute approximate surface area is 132 Å². The molecular formula is C15H27ClN2O3. The van der Waals surface area contributed by atoms with E-state index in [-0.39, 0.29) is 29.8 Å². The number of nitrogens with one attached hydrogen (secondary N) is 2. The molecule has 1 saturated heterocycles. The highest BCUT2D eigenvalue weighted by Gasteiger charge is 2.59. The summed E-state index contributed by atoms with van der Waals surface area (Å²) in [5.41, 5.74) is 0.252. The molecule has 1 aliphatic heterocycles. The van der Waals surface area contributed by atoms with E-state index in [2.05, 4.69) is 10.6 Å². The zero-order valence-corrected chi connectivity index (χ0v) is 13.5. The van der Waals surface area contributed by atoms with Crippen molar-refractivity contribution in [1.82, 2.24) is 10.6 Å². The summed E-state index contributed by atoms with van der Waals surface area (Å²) in [6.45, 7) is 5.06. The van der Waals surface area contributed by atoms with Gasteiger partial charge in [-0.25, -0.2) is 0 Å². The Balaban J connectivity index is 0.00000161. The number of hydrogen-bond donors (Lipinski definition) is 2. The van der Waals surface area contributed by atoms with Crippen LogP contribution in [-0.4, -0.2) is 50.5 Å². The molecular weight excluding hydrogens is 292 g/mol. The molecule has 3 aliphatic rings. The lowest BCUT2D eigenvalue weighted by molar-refractivity contribution is -0.176. The number of amides is 1. The van der Waals surface area contributed by atoms with Crippen molar-refractivity contribution in [2.75, 3.05) is 26.4 Å². The van der Waals surface area contributed by atoms with Gasteiger partial charge in [-0.15, -0.1) is 12.4 Å². The van der Waals surface area contributed by atoms with Gasteiger partial charge in [0, 0.05) is 37.1 Å². The molecule has 0 aromatic rings. The zero-order chi connectivity index (χ0) is 14.0. The number of morpholine rings is 1. The van der Waals surface area contributed by atoms with Gasteiger partial charge in [-0.2, -0.15) is 0 Å². The van der Waals surface area contributed by atoms with Crippen molar-refractivity contribution >= 4 is 18.3 Å². The fourth-order valence-corrected chi connectivity index (χ4v) is 3.87. The summed E-state index contributed by atoms with van der Waals surface area (Å²) >= 11 is 0. The molecule has 3 fully saturated rings. The molecule has 6 heteroatoms. The van der Waals surface area contributed by atoms with Crippen LogP contribution in [-0.2, 0) is 14.3 Å². The van der Waals surface area contributed by atoms with Gasteiger partial charge in [-0.1, -0.05) is 6.42 Å². The first-order chi connectivity index (χ1) is 9.74. The Bertz CT molecular complexity index is 357. The lowest BCUT2D eigenvalue weighted by Gasteiger charge is -2.61. The highest BCUT2D eigenvalue weighted by Crippen LogP contribution is 2.57. The third kappa shape index (κ3) is 3.36. The molecule has 3 rings (SSSR count). The van der Waals surface area contributed by atoms with Crippen molar-refractivity contribution in [3.05, 3.63) is 0 Å². The standard InChI is InChI=1S/C15H26N2O3.ClH/c1-2-20-13-9-12(15(13)4-3-5-15)17-14(18)8-11-10-19-7-6-16-11;/h11-13,16H,2-10H2,1H3,(H,17,18);1H. The predicted octanol–water partition coefficient (Wildman–Crippen LogP) is 1.25. The minimum atomic E-state index is 0. The maximum atomic E-state index is 12.2.